The number of benzene rings is 1. The SMILES string of the molecule is Nc1cc(N2CCN(c3ccc4c(c3)N=C(c3c5cccccc-5[nH]c3=O)CC4)CC2)ccn1. The van der Waals surface area contributed by atoms with E-state index in [0.717, 1.165) is 67.4 Å². The number of anilines is 3. The summed E-state index contributed by atoms with van der Waals surface area (Å²) in [6, 6.07) is 20.3. The number of aryl methyl sites for hydroxylation is 1. The molecule has 34 heavy (non-hydrogen) atoms. The van der Waals surface area contributed by atoms with E-state index in [9.17, 15) is 4.79 Å². The van der Waals surface area contributed by atoms with Crippen LogP contribution in [0.4, 0.5) is 22.9 Å². The maximum Gasteiger partial charge on any atom is 0.258 e. The largest absolute Gasteiger partial charge is 0.384 e. The molecule has 0 atom stereocenters. The molecular formula is C27H26N6O. The number of nitrogens with two attached hydrogens (primary N) is 1. The Hall–Kier alpha value is -4.13. The molecule has 1 aliphatic carbocycles. The minimum Gasteiger partial charge on any atom is -0.384 e. The lowest BCUT2D eigenvalue weighted by molar-refractivity contribution is 0.653. The average Bonchev–Trinajstić information content (AvgIpc) is 3.01. The molecule has 3 N–H and O–H groups in total. The van der Waals surface area contributed by atoms with Gasteiger partial charge in [-0.05, 0) is 42.7 Å². The molecule has 4 heterocycles. The van der Waals surface area contributed by atoms with Gasteiger partial charge in [0.25, 0.3) is 5.56 Å². The number of hydrogen-bond acceptors (Lipinski definition) is 6. The minimum absolute atomic E-state index is 0.0626. The van der Waals surface area contributed by atoms with Crippen molar-refractivity contribution in [3.8, 4) is 11.3 Å². The number of piperazine rings is 1. The van der Waals surface area contributed by atoms with Gasteiger partial charge in [0, 0.05) is 61.1 Å². The monoisotopic (exact) mass is 450 g/mol. The molecule has 0 radical (unpaired) electrons. The van der Waals surface area contributed by atoms with Gasteiger partial charge < -0.3 is 20.5 Å². The summed E-state index contributed by atoms with van der Waals surface area (Å²) < 4.78 is 0. The fourth-order valence-corrected chi connectivity index (χ4v) is 5.02. The molecule has 4 aliphatic rings. The normalized spacial score (nSPS) is 15.8. The van der Waals surface area contributed by atoms with Crippen molar-refractivity contribution < 1.29 is 0 Å². The number of nitrogen functional groups attached to an aromatic ring is 1. The van der Waals surface area contributed by atoms with Crippen molar-refractivity contribution in [2.45, 2.75) is 12.8 Å². The summed E-state index contributed by atoms with van der Waals surface area (Å²) in [4.78, 5) is 29.6. The molecule has 1 aromatic carbocycles. The van der Waals surface area contributed by atoms with Crippen LogP contribution in [0.2, 0.25) is 0 Å². The first-order valence-electron chi connectivity index (χ1n) is 11.7. The number of fused-ring (bicyclic) bond motifs is 2. The molecule has 0 saturated carbocycles. The molecule has 2 aromatic rings. The molecule has 7 nitrogen and oxygen atoms in total. The quantitative estimate of drug-likeness (QED) is 0.495. The molecule has 3 aliphatic heterocycles. The summed E-state index contributed by atoms with van der Waals surface area (Å²) >= 11 is 0. The minimum atomic E-state index is -0.0626. The Labute approximate surface area is 197 Å². The highest BCUT2D eigenvalue weighted by Crippen LogP contribution is 2.34. The van der Waals surface area contributed by atoms with E-state index < -0.39 is 0 Å². The lowest BCUT2D eigenvalue weighted by atomic mass is 9.95. The van der Waals surface area contributed by atoms with Crippen molar-refractivity contribution in [2.24, 2.45) is 4.99 Å². The highest BCUT2D eigenvalue weighted by molar-refractivity contribution is 6.08. The van der Waals surface area contributed by atoms with Gasteiger partial charge in [0.05, 0.1) is 17.0 Å². The maximum absolute atomic E-state index is 12.8. The Morgan fingerprint density at radius 2 is 1.62 bits per heavy atom. The number of aromatic amines is 1. The molecule has 0 amide bonds. The summed E-state index contributed by atoms with van der Waals surface area (Å²) in [5, 5.41) is 0. The number of nitrogens with zero attached hydrogens (tertiary/aromatic N) is 4. The third-order valence-electron chi connectivity index (χ3n) is 6.80. The molecule has 1 aromatic heterocycles. The first kappa shape index (κ1) is 20.5. The molecule has 1 saturated heterocycles. The Morgan fingerprint density at radius 3 is 2.41 bits per heavy atom. The predicted molar refractivity (Wildman–Crippen MR) is 138 cm³/mol. The van der Waals surface area contributed by atoms with E-state index in [0.29, 0.717) is 11.4 Å². The highest BCUT2D eigenvalue weighted by atomic mass is 16.1. The average molecular weight is 451 g/mol. The van der Waals surface area contributed by atoms with Crippen molar-refractivity contribution in [3.63, 3.8) is 0 Å². The van der Waals surface area contributed by atoms with Crippen LogP contribution in [0.15, 0.2) is 76.6 Å². The van der Waals surface area contributed by atoms with Gasteiger partial charge in [-0.2, -0.15) is 0 Å². The van der Waals surface area contributed by atoms with Crippen LogP contribution in [-0.4, -0.2) is 41.9 Å². The Morgan fingerprint density at radius 1 is 0.853 bits per heavy atom. The molecule has 0 unspecified atom stereocenters. The number of aliphatic imine (C=N–C) groups is 1. The number of rotatable bonds is 3. The molecule has 0 spiro atoms. The summed E-state index contributed by atoms with van der Waals surface area (Å²) in [6.45, 7) is 3.67. The van der Waals surface area contributed by atoms with Crippen molar-refractivity contribution in [1.29, 1.82) is 0 Å². The summed E-state index contributed by atoms with van der Waals surface area (Å²) in [5.74, 6) is 0.550. The van der Waals surface area contributed by atoms with Crippen molar-refractivity contribution in [3.05, 3.63) is 88.3 Å². The van der Waals surface area contributed by atoms with Crippen LogP contribution in [0, 0.1) is 0 Å². The second-order valence-corrected chi connectivity index (χ2v) is 8.85. The molecule has 170 valence electrons. The number of nitrogens with one attached hydrogen (secondary N) is 1. The Bertz CT molecular complexity index is 1420. The third-order valence-corrected chi connectivity index (χ3v) is 6.80. The molecule has 1 fully saturated rings. The number of pyridine rings is 1. The van der Waals surface area contributed by atoms with Gasteiger partial charge in [0.15, 0.2) is 0 Å². The smallest absolute Gasteiger partial charge is 0.258 e. The number of H-pyrrole nitrogens is 1. The zero-order valence-corrected chi connectivity index (χ0v) is 18.9. The summed E-state index contributed by atoms with van der Waals surface area (Å²) in [7, 11) is 0. The summed E-state index contributed by atoms with van der Waals surface area (Å²) in [6.07, 6.45) is 3.41. The van der Waals surface area contributed by atoms with E-state index in [-0.39, 0.29) is 5.56 Å². The first-order chi connectivity index (χ1) is 16.7. The van der Waals surface area contributed by atoms with Crippen LogP contribution in [0.25, 0.3) is 11.3 Å². The lowest BCUT2D eigenvalue weighted by Gasteiger charge is -2.37. The van der Waals surface area contributed by atoms with Crippen molar-refractivity contribution >= 4 is 28.6 Å². The number of aromatic nitrogens is 2. The van der Waals surface area contributed by atoms with E-state index in [4.69, 9.17) is 10.7 Å². The fourth-order valence-electron chi connectivity index (χ4n) is 5.02. The topological polar surface area (TPSA) is 90.6 Å². The van der Waals surface area contributed by atoms with E-state index in [1.165, 1.54) is 11.3 Å². The van der Waals surface area contributed by atoms with Crippen LogP contribution >= 0.6 is 0 Å². The zero-order chi connectivity index (χ0) is 23.1. The fraction of sp³-hybridized carbons (Fsp3) is 0.222. The van der Waals surface area contributed by atoms with Gasteiger partial charge in [-0.3, -0.25) is 9.79 Å². The highest BCUT2D eigenvalue weighted by Gasteiger charge is 2.23. The second kappa shape index (κ2) is 8.33. The lowest BCUT2D eigenvalue weighted by Crippen LogP contribution is -2.46. The second-order valence-electron chi connectivity index (χ2n) is 8.85. The first-order valence-corrected chi connectivity index (χ1v) is 11.7. The summed E-state index contributed by atoms with van der Waals surface area (Å²) in [5.41, 5.74) is 13.6. The van der Waals surface area contributed by atoms with Crippen molar-refractivity contribution in [2.75, 3.05) is 41.7 Å². The zero-order valence-electron chi connectivity index (χ0n) is 18.9. The third kappa shape index (κ3) is 3.69. The van der Waals surface area contributed by atoms with Crippen LogP contribution in [-0.2, 0) is 6.42 Å². The van der Waals surface area contributed by atoms with Crippen LogP contribution in [0.3, 0.4) is 0 Å². The molecular weight excluding hydrogens is 424 g/mol. The predicted octanol–water partition coefficient (Wildman–Crippen LogP) is 3.85. The van der Waals surface area contributed by atoms with Gasteiger partial charge in [-0.15, -0.1) is 0 Å². The van der Waals surface area contributed by atoms with Gasteiger partial charge in [-0.25, -0.2) is 4.98 Å². The van der Waals surface area contributed by atoms with E-state index in [1.807, 2.05) is 42.5 Å². The standard InChI is InChI=1S/C27H26N6O/c28-25-17-20(10-11-29-25)33-14-12-32(13-15-33)19-8-6-18-7-9-23(30-24(18)16-19)26-21-4-2-1-3-5-22(21)31-27(26)34/h1-6,8,10-11,16-17H,7,9,12-15H2,(H2,28,29)(H,31,34). The molecule has 0 bridgehead atoms. The van der Waals surface area contributed by atoms with Gasteiger partial charge in [0.1, 0.15) is 5.82 Å². The molecule has 6 rings (SSSR count). The van der Waals surface area contributed by atoms with E-state index >= 15 is 0 Å². The molecule has 7 heteroatoms. The van der Waals surface area contributed by atoms with E-state index in [2.05, 4.69) is 38.0 Å². The van der Waals surface area contributed by atoms with Crippen LogP contribution in [0.1, 0.15) is 17.5 Å². The van der Waals surface area contributed by atoms with Crippen LogP contribution in [0.5, 0.6) is 0 Å². The van der Waals surface area contributed by atoms with E-state index in [1.54, 1.807) is 6.20 Å². The van der Waals surface area contributed by atoms with Crippen molar-refractivity contribution in [1.82, 2.24) is 9.97 Å². The van der Waals surface area contributed by atoms with Crippen LogP contribution < -0.4 is 21.1 Å². The Balaban J connectivity index is 1.26. The van der Waals surface area contributed by atoms with Gasteiger partial charge in [-0.1, -0.05) is 30.3 Å². The van der Waals surface area contributed by atoms with Gasteiger partial charge in [0.2, 0.25) is 0 Å². The Kier molecular flexibility index (Phi) is 5.02. The van der Waals surface area contributed by atoms with Gasteiger partial charge >= 0.3 is 0 Å². The maximum atomic E-state index is 12.8. The number of hydrogen-bond donors (Lipinski definition) is 2.